The molecule has 1 fully saturated rings. The second kappa shape index (κ2) is 6.02. The van der Waals surface area contributed by atoms with Crippen LogP contribution in [-0.4, -0.2) is 26.2 Å². The number of anilines is 1. The molecule has 1 aliphatic rings. The van der Waals surface area contributed by atoms with Gasteiger partial charge in [0.1, 0.15) is 9.07 Å². The lowest BCUT2D eigenvalue weighted by atomic mass is 10.1. The molecular formula is C16H16N2OS3. The van der Waals surface area contributed by atoms with Crippen LogP contribution in [-0.2, 0) is 0 Å². The SMILES string of the molecule is CC1(C)SC(=S)N(c2ccccc2)[C@@H]1/[N+]([O-])=C/c1cccs1. The zero-order valence-corrected chi connectivity index (χ0v) is 14.8. The molecule has 3 rings (SSSR count). The first-order valence-corrected chi connectivity index (χ1v) is 9.00. The van der Waals surface area contributed by atoms with Crippen LogP contribution in [0.2, 0.25) is 0 Å². The number of hydroxylamine groups is 1. The Balaban J connectivity index is 2.03. The normalized spacial score (nSPS) is 21.4. The summed E-state index contributed by atoms with van der Waals surface area (Å²) >= 11 is 8.65. The van der Waals surface area contributed by atoms with Gasteiger partial charge in [0.15, 0.2) is 6.21 Å². The quantitative estimate of drug-likeness (QED) is 0.272. The van der Waals surface area contributed by atoms with E-state index in [1.807, 2.05) is 52.7 Å². The van der Waals surface area contributed by atoms with E-state index in [-0.39, 0.29) is 10.9 Å². The standard InChI is InChI=1S/C16H16N2OS3/c1-16(2)14(17(19)11-13-9-6-10-21-13)18(15(20)22-16)12-7-4-3-5-8-12/h3-11,14H,1-2H3/b17-11-/t14-/m0/s1. The molecule has 1 saturated heterocycles. The van der Waals surface area contributed by atoms with Crippen LogP contribution >= 0.6 is 35.3 Å². The third-order valence-corrected chi connectivity index (χ3v) is 5.85. The van der Waals surface area contributed by atoms with Crippen molar-refractivity contribution in [3.63, 3.8) is 0 Å². The highest BCUT2D eigenvalue weighted by Crippen LogP contribution is 2.43. The van der Waals surface area contributed by atoms with Crippen LogP contribution in [0.15, 0.2) is 47.8 Å². The van der Waals surface area contributed by atoms with E-state index in [2.05, 4.69) is 13.8 Å². The molecular weight excluding hydrogens is 332 g/mol. The Kier molecular flexibility index (Phi) is 4.25. The van der Waals surface area contributed by atoms with Gasteiger partial charge in [0.05, 0.1) is 4.88 Å². The molecule has 1 aromatic heterocycles. The minimum absolute atomic E-state index is 0.289. The van der Waals surface area contributed by atoms with Crippen molar-refractivity contribution in [3.8, 4) is 0 Å². The lowest BCUT2D eigenvalue weighted by molar-refractivity contribution is -0.497. The van der Waals surface area contributed by atoms with E-state index in [1.165, 1.54) is 0 Å². The topological polar surface area (TPSA) is 29.3 Å². The first-order valence-electron chi connectivity index (χ1n) is 6.90. The first kappa shape index (κ1) is 15.5. The van der Waals surface area contributed by atoms with Gasteiger partial charge in [0.2, 0.25) is 0 Å². The number of benzene rings is 1. The summed E-state index contributed by atoms with van der Waals surface area (Å²) in [5, 5.41) is 14.8. The van der Waals surface area contributed by atoms with Gasteiger partial charge in [-0.25, -0.2) is 0 Å². The summed E-state index contributed by atoms with van der Waals surface area (Å²) in [7, 11) is 0. The van der Waals surface area contributed by atoms with Crippen molar-refractivity contribution in [2.75, 3.05) is 4.90 Å². The zero-order valence-electron chi connectivity index (χ0n) is 12.3. The van der Waals surface area contributed by atoms with E-state index in [0.29, 0.717) is 0 Å². The Hall–Kier alpha value is -1.37. The van der Waals surface area contributed by atoms with Crippen LogP contribution in [0.1, 0.15) is 18.7 Å². The number of thiophene rings is 1. The smallest absolute Gasteiger partial charge is 0.258 e. The Morgan fingerprint density at radius 1 is 1.23 bits per heavy atom. The maximum atomic E-state index is 12.8. The van der Waals surface area contributed by atoms with Crippen molar-refractivity contribution in [3.05, 3.63) is 57.9 Å². The molecule has 0 unspecified atom stereocenters. The van der Waals surface area contributed by atoms with Crippen molar-refractivity contribution in [2.24, 2.45) is 0 Å². The van der Waals surface area contributed by atoms with Gasteiger partial charge in [-0.15, -0.1) is 11.3 Å². The number of thiocarbonyl (C=S) groups is 1. The van der Waals surface area contributed by atoms with E-state index in [1.54, 1.807) is 29.3 Å². The summed E-state index contributed by atoms with van der Waals surface area (Å²) in [6.07, 6.45) is 1.29. The average Bonchev–Trinajstić information content (AvgIpc) is 3.04. The van der Waals surface area contributed by atoms with E-state index >= 15 is 0 Å². The van der Waals surface area contributed by atoms with Crippen LogP contribution in [0.5, 0.6) is 0 Å². The summed E-state index contributed by atoms with van der Waals surface area (Å²) in [5.74, 6) is 0. The summed E-state index contributed by atoms with van der Waals surface area (Å²) in [5.41, 5.74) is 0.955. The molecule has 1 aromatic carbocycles. The summed E-state index contributed by atoms with van der Waals surface area (Å²) in [4.78, 5) is 2.90. The van der Waals surface area contributed by atoms with Gasteiger partial charge in [-0.2, -0.15) is 4.74 Å². The molecule has 0 spiro atoms. The number of nitrogens with zero attached hydrogens (tertiary/aromatic N) is 2. The summed E-state index contributed by atoms with van der Waals surface area (Å²) in [6.45, 7) is 4.12. The molecule has 0 N–H and O–H groups in total. The molecule has 6 heteroatoms. The predicted octanol–water partition coefficient (Wildman–Crippen LogP) is 4.32. The van der Waals surface area contributed by atoms with Gasteiger partial charge in [-0.05, 0) is 37.4 Å². The third-order valence-electron chi connectivity index (χ3n) is 3.49. The van der Waals surface area contributed by atoms with E-state index < -0.39 is 0 Å². The second-order valence-corrected chi connectivity index (χ2v) is 8.82. The van der Waals surface area contributed by atoms with Gasteiger partial charge in [-0.3, -0.25) is 4.90 Å². The van der Waals surface area contributed by atoms with E-state index in [9.17, 15) is 5.21 Å². The number of thioether (sulfide) groups is 1. The third kappa shape index (κ3) is 2.91. The minimum atomic E-state index is -0.366. The van der Waals surface area contributed by atoms with Crippen molar-refractivity contribution < 1.29 is 4.74 Å². The van der Waals surface area contributed by atoms with E-state index in [0.717, 1.165) is 19.6 Å². The Bertz CT molecular complexity index is 695. The minimum Gasteiger partial charge on any atom is -0.622 e. The van der Waals surface area contributed by atoms with Crippen molar-refractivity contribution in [2.45, 2.75) is 24.8 Å². The fraction of sp³-hybridized carbons (Fsp3) is 0.250. The lowest BCUT2D eigenvalue weighted by Crippen LogP contribution is -2.48. The van der Waals surface area contributed by atoms with Crippen molar-refractivity contribution in [1.29, 1.82) is 0 Å². The first-order chi connectivity index (χ1) is 10.5. The second-order valence-electron chi connectivity index (χ2n) is 5.56. The number of para-hydroxylation sites is 1. The highest BCUT2D eigenvalue weighted by Gasteiger charge is 2.51. The largest absolute Gasteiger partial charge is 0.622 e. The summed E-state index contributed by atoms with van der Waals surface area (Å²) < 4.78 is 1.48. The van der Waals surface area contributed by atoms with E-state index in [4.69, 9.17) is 12.2 Å². The molecule has 22 heavy (non-hydrogen) atoms. The van der Waals surface area contributed by atoms with Gasteiger partial charge >= 0.3 is 0 Å². The average molecular weight is 349 g/mol. The van der Waals surface area contributed by atoms with Crippen LogP contribution < -0.4 is 4.90 Å². The van der Waals surface area contributed by atoms with Crippen LogP contribution in [0, 0.1) is 5.21 Å². The fourth-order valence-corrected chi connectivity index (χ4v) is 5.11. The van der Waals surface area contributed by atoms with Crippen LogP contribution in [0.25, 0.3) is 0 Å². The Morgan fingerprint density at radius 3 is 2.59 bits per heavy atom. The predicted molar refractivity (Wildman–Crippen MR) is 100 cm³/mol. The molecule has 0 bridgehead atoms. The molecule has 114 valence electrons. The van der Waals surface area contributed by atoms with Gasteiger partial charge in [0.25, 0.3) is 6.17 Å². The van der Waals surface area contributed by atoms with Crippen LogP contribution in [0.4, 0.5) is 5.69 Å². The molecule has 2 aromatic rings. The molecule has 2 heterocycles. The van der Waals surface area contributed by atoms with Gasteiger partial charge < -0.3 is 5.21 Å². The maximum Gasteiger partial charge on any atom is 0.258 e. The number of hydrogen-bond acceptors (Lipinski definition) is 4. The number of hydrogen-bond donors (Lipinski definition) is 0. The highest BCUT2D eigenvalue weighted by molar-refractivity contribution is 8.24. The molecule has 1 aliphatic heterocycles. The van der Waals surface area contributed by atoms with Gasteiger partial charge in [-0.1, -0.05) is 48.2 Å². The maximum absolute atomic E-state index is 12.8. The lowest BCUT2D eigenvalue weighted by Gasteiger charge is -2.29. The zero-order chi connectivity index (χ0) is 15.7. The van der Waals surface area contributed by atoms with Crippen molar-refractivity contribution >= 4 is 51.5 Å². The molecule has 0 saturated carbocycles. The number of rotatable bonds is 3. The van der Waals surface area contributed by atoms with Crippen LogP contribution in [0.3, 0.4) is 0 Å². The Morgan fingerprint density at radius 2 is 1.95 bits per heavy atom. The monoisotopic (exact) mass is 348 g/mol. The highest BCUT2D eigenvalue weighted by atomic mass is 32.2. The van der Waals surface area contributed by atoms with Gasteiger partial charge in [0, 0.05) is 5.69 Å². The molecule has 0 radical (unpaired) electrons. The molecule has 0 amide bonds. The molecule has 1 atom stereocenters. The Labute approximate surface area is 143 Å². The van der Waals surface area contributed by atoms with Crippen molar-refractivity contribution in [1.82, 2.24) is 0 Å². The fourth-order valence-electron chi connectivity index (χ4n) is 2.55. The summed E-state index contributed by atoms with van der Waals surface area (Å²) in [6, 6.07) is 13.7. The molecule has 3 nitrogen and oxygen atoms in total. The molecule has 0 aliphatic carbocycles.